The van der Waals surface area contributed by atoms with Gasteiger partial charge in [0.25, 0.3) is 0 Å². The highest BCUT2D eigenvalue weighted by molar-refractivity contribution is 6.71. The molecule has 0 aromatic heterocycles. The summed E-state index contributed by atoms with van der Waals surface area (Å²) in [5.41, 5.74) is -0.778. The van der Waals surface area contributed by atoms with Crippen LogP contribution in [-0.2, 0) is 23.1 Å². The molecule has 0 aromatic carbocycles. The van der Waals surface area contributed by atoms with E-state index in [4.69, 9.17) is 18.3 Å². The van der Waals surface area contributed by atoms with Crippen LogP contribution in [0.5, 0.6) is 0 Å². The maximum Gasteiger partial charge on any atom is 0.374 e. The number of esters is 1. The predicted octanol–water partition coefficient (Wildman–Crippen LogP) is 2.73. The number of hydrogen-bond acceptors (Lipinski definition) is 5. The van der Waals surface area contributed by atoms with Gasteiger partial charge in [-0.1, -0.05) is 19.9 Å². The van der Waals surface area contributed by atoms with E-state index in [1.54, 1.807) is 21.3 Å². The Morgan fingerprint density at radius 3 is 2.38 bits per heavy atom. The van der Waals surface area contributed by atoms with Crippen LogP contribution in [-0.4, -0.2) is 46.7 Å². The minimum atomic E-state index is -2.68. The molecular formula is C15H28O5Si. The Labute approximate surface area is 128 Å². The van der Waals surface area contributed by atoms with Crippen LogP contribution in [0.15, 0.2) is 12.7 Å². The first kappa shape index (κ1) is 18.4. The minimum absolute atomic E-state index is 0.438. The summed E-state index contributed by atoms with van der Waals surface area (Å²) in [6.45, 7) is 7.49. The highest BCUT2D eigenvalue weighted by atomic mass is 28.4. The molecular weight excluding hydrogens is 288 g/mol. The first-order valence-corrected chi connectivity index (χ1v) is 9.44. The fraction of sp³-hybridized carbons (Fsp3) is 0.800. The van der Waals surface area contributed by atoms with Crippen LogP contribution < -0.4 is 0 Å². The Hall–Kier alpha value is -0.693. The van der Waals surface area contributed by atoms with Gasteiger partial charge in [0.1, 0.15) is 5.60 Å². The zero-order valence-corrected chi connectivity index (χ0v) is 14.9. The second-order valence-electron chi connectivity index (χ2n) is 5.65. The summed E-state index contributed by atoms with van der Waals surface area (Å²) in [5.74, 6) is -0.438. The van der Waals surface area contributed by atoms with Crippen LogP contribution in [0.3, 0.4) is 0 Å². The first-order chi connectivity index (χ1) is 9.90. The Morgan fingerprint density at radius 1 is 1.33 bits per heavy atom. The Morgan fingerprint density at radius 2 is 1.95 bits per heavy atom. The van der Waals surface area contributed by atoms with Crippen LogP contribution in [0.4, 0.5) is 0 Å². The second kappa shape index (κ2) is 7.04. The van der Waals surface area contributed by atoms with Gasteiger partial charge in [-0.25, -0.2) is 4.79 Å². The molecule has 1 rings (SSSR count). The van der Waals surface area contributed by atoms with Gasteiger partial charge in [-0.3, -0.25) is 0 Å². The van der Waals surface area contributed by atoms with Gasteiger partial charge < -0.3 is 18.3 Å². The third-order valence-corrected chi connectivity index (χ3v) is 9.28. The number of methoxy groups -OCH3 is 1. The predicted molar refractivity (Wildman–Crippen MR) is 83.2 cm³/mol. The Bertz CT molecular complexity index is 382. The molecule has 1 saturated heterocycles. The lowest BCUT2D eigenvalue weighted by Crippen LogP contribution is -2.75. The lowest BCUT2D eigenvalue weighted by atomic mass is 9.88. The van der Waals surface area contributed by atoms with Crippen LogP contribution in [0, 0.1) is 0 Å². The second-order valence-corrected chi connectivity index (χ2v) is 9.28. The van der Waals surface area contributed by atoms with Crippen molar-refractivity contribution in [1.82, 2.24) is 0 Å². The summed E-state index contributed by atoms with van der Waals surface area (Å²) >= 11 is 0. The van der Waals surface area contributed by atoms with E-state index >= 15 is 0 Å². The molecule has 5 nitrogen and oxygen atoms in total. The van der Waals surface area contributed by atoms with Crippen LogP contribution in [0.2, 0.25) is 6.04 Å². The smallest absolute Gasteiger partial charge is 0.374 e. The summed E-state index contributed by atoms with van der Waals surface area (Å²) in [6.07, 6.45) is 4.40. The van der Waals surface area contributed by atoms with Gasteiger partial charge in [0, 0.05) is 27.4 Å². The van der Waals surface area contributed by atoms with Crippen molar-refractivity contribution in [3.05, 3.63) is 12.7 Å². The number of ether oxygens (including phenoxy) is 2. The molecule has 21 heavy (non-hydrogen) atoms. The fourth-order valence-corrected chi connectivity index (χ4v) is 7.96. The van der Waals surface area contributed by atoms with Crippen LogP contribution in [0.1, 0.15) is 39.5 Å². The van der Waals surface area contributed by atoms with Gasteiger partial charge in [-0.05, 0) is 32.2 Å². The summed E-state index contributed by atoms with van der Waals surface area (Å²) < 4.78 is 23.5. The van der Waals surface area contributed by atoms with E-state index in [0.717, 1.165) is 31.7 Å². The van der Waals surface area contributed by atoms with Gasteiger partial charge in [-0.15, -0.1) is 0 Å². The van der Waals surface area contributed by atoms with Crippen molar-refractivity contribution >= 4 is 14.5 Å². The lowest BCUT2D eigenvalue weighted by Gasteiger charge is -2.56. The highest BCUT2D eigenvalue weighted by Gasteiger charge is 2.69. The van der Waals surface area contributed by atoms with E-state index in [-0.39, 0.29) is 0 Å². The Kier molecular flexibility index (Phi) is 6.16. The first-order valence-electron chi connectivity index (χ1n) is 7.41. The van der Waals surface area contributed by atoms with Crippen molar-refractivity contribution in [2.75, 3.05) is 21.3 Å². The van der Waals surface area contributed by atoms with E-state index in [1.807, 2.05) is 6.92 Å². The molecule has 0 aromatic rings. The third-order valence-electron chi connectivity index (χ3n) is 4.73. The molecule has 0 radical (unpaired) electrons. The van der Waals surface area contributed by atoms with Gasteiger partial charge in [-0.2, -0.15) is 0 Å². The van der Waals surface area contributed by atoms with Crippen molar-refractivity contribution in [2.24, 2.45) is 0 Å². The number of rotatable bonds is 7. The molecule has 6 heteroatoms. The summed E-state index contributed by atoms with van der Waals surface area (Å²) in [6, 6.07) is 0.828. The van der Waals surface area contributed by atoms with Gasteiger partial charge in [0.15, 0.2) is 5.22 Å². The summed E-state index contributed by atoms with van der Waals surface area (Å²) in [7, 11) is 2.31. The van der Waals surface area contributed by atoms with Crippen molar-refractivity contribution in [1.29, 1.82) is 0 Å². The molecule has 0 N–H and O–H groups in total. The lowest BCUT2D eigenvalue weighted by molar-refractivity contribution is -0.191. The highest BCUT2D eigenvalue weighted by Crippen LogP contribution is 2.50. The van der Waals surface area contributed by atoms with Gasteiger partial charge in [0.05, 0.1) is 0 Å². The van der Waals surface area contributed by atoms with Crippen LogP contribution in [0.25, 0.3) is 0 Å². The molecule has 122 valence electrons. The summed E-state index contributed by atoms with van der Waals surface area (Å²) in [4.78, 5) is 11.8. The van der Waals surface area contributed by atoms with E-state index in [2.05, 4.69) is 13.5 Å². The molecule has 1 fully saturated rings. The van der Waals surface area contributed by atoms with Crippen molar-refractivity contribution in [2.45, 2.75) is 56.4 Å². The molecule has 1 aliphatic rings. The monoisotopic (exact) mass is 316 g/mol. The molecule has 0 saturated carbocycles. The van der Waals surface area contributed by atoms with E-state index in [9.17, 15) is 4.79 Å². The minimum Gasteiger partial charge on any atom is -0.453 e. The average molecular weight is 316 g/mol. The van der Waals surface area contributed by atoms with Gasteiger partial charge >= 0.3 is 14.5 Å². The maximum atomic E-state index is 11.8. The number of carbonyl (C=O) groups is 1. The van der Waals surface area contributed by atoms with Crippen LogP contribution >= 0.6 is 0 Å². The van der Waals surface area contributed by atoms with Crippen molar-refractivity contribution in [3.8, 4) is 0 Å². The largest absolute Gasteiger partial charge is 0.453 e. The molecule has 0 bridgehead atoms. The third kappa shape index (κ3) is 2.82. The molecule has 1 aliphatic heterocycles. The fourth-order valence-electron chi connectivity index (χ4n) is 3.76. The topological polar surface area (TPSA) is 54.0 Å². The quantitative estimate of drug-likeness (QED) is 0.411. The SMILES string of the molecule is C=CC(=O)OC1(C)CCC[Si](OC)(OC)C1(CCC)OC. The number of carbonyl (C=O) groups excluding carboxylic acids is 1. The molecule has 0 spiro atoms. The maximum absolute atomic E-state index is 11.8. The summed E-state index contributed by atoms with van der Waals surface area (Å²) in [5, 5.41) is -0.727. The zero-order valence-electron chi connectivity index (χ0n) is 13.9. The van der Waals surface area contributed by atoms with E-state index in [0.29, 0.717) is 0 Å². The average Bonchev–Trinajstić information content (AvgIpc) is 2.49. The molecule has 1 heterocycles. The van der Waals surface area contributed by atoms with Crippen molar-refractivity contribution < 1.29 is 23.1 Å². The Balaban J connectivity index is 3.38. The molecule has 0 aliphatic carbocycles. The zero-order chi connectivity index (χ0) is 16.1. The van der Waals surface area contributed by atoms with Crippen molar-refractivity contribution in [3.63, 3.8) is 0 Å². The van der Waals surface area contributed by atoms with E-state index < -0.39 is 25.4 Å². The number of hydrogen-bond donors (Lipinski definition) is 0. The normalized spacial score (nSPS) is 31.7. The van der Waals surface area contributed by atoms with E-state index in [1.165, 1.54) is 6.08 Å². The van der Waals surface area contributed by atoms with Gasteiger partial charge in [0.2, 0.25) is 0 Å². The molecule has 2 unspecified atom stereocenters. The molecule has 0 amide bonds. The molecule has 2 atom stereocenters. The standard InChI is InChI=1S/C15H28O5Si/c1-7-10-15(17-4)14(3,20-13(16)8-2)11-9-12-21(15,18-5)19-6/h8H,2,7,9-12H2,1,3-6H3.